The molecule has 0 saturated heterocycles. The second-order valence-corrected chi connectivity index (χ2v) is 4.05. The van der Waals surface area contributed by atoms with Crippen molar-refractivity contribution >= 4 is 150 Å². The number of carboxylic acid groups (broad SMARTS) is 1. The summed E-state index contributed by atoms with van der Waals surface area (Å²) in [5.41, 5.74) is 0. The van der Waals surface area contributed by atoms with E-state index in [4.69, 9.17) is 49.9 Å². The molecule has 0 bridgehead atoms. The first kappa shape index (κ1) is 40.6. The Bertz CT molecular complexity index is 322. The van der Waals surface area contributed by atoms with E-state index in [1.165, 1.54) is 0 Å². The molecule has 9 N–H and O–H groups in total. The van der Waals surface area contributed by atoms with Gasteiger partial charge in [-0.05, 0) is 0 Å². The van der Waals surface area contributed by atoms with Crippen LogP contribution in [0.5, 0.6) is 0 Å². The van der Waals surface area contributed by atoms with Crippen molar-refractivity contribution in [2.45, 2.75) is 24.4 Å². The Balaban J connectivity index is -0.0000000115. The predicted molar refractivity (Wildman–Crippen MR) is 84.9 cm³/mol. The third kappa shape index (κ3) is 26.2. The van der Waals surface area contributed by atoms with Gasteiger partial charge in [-0.25, -0.2) is 9.36 Å². The van der Waals surface area contributed by atoms with E-state index in [2.05, 4.69) is 0 Å². The maximum absolute atomic E-state index is 10.1. The van der Waals surface area contributed by atoms with Crippen LogP contribution in [0.1, 0.15) is 11.4 Å². The van der Waals surface area contributed by atoms with Crippen LogP contribution in [-0.4, -0.2) is 219 Å². The number of phosphoric acid groups is 1. The zero-order chi connectivity index (χ0) is 15.1. The van der Waals surface area contributed by atoms with Gasteiger partial charge < -0.3 is 56.7 Å². The molecule has 0 radical (unpaired) electrons. The summed E-state index contributed by atoms with van der Waals surface area (Å²) in [7, 11) is -4.64. The Morgan fingerprint density at radius 3 is 1.41 bits per heavy atom. The minimum absolute atomic E-state index is 0. The summed E-state index contributed by atoms with van der Waals surface area (Å²) >= 11 is 0. The number of carbonyl (C=O) groups is 1. The molecule has 22 heavy (non-hydrogen) atoms. The maximum atomic E-state index is 10.1. The van der Waals surface area contributed by atoms with Crippen LogP contribution in [0.15, 0.2) is 0 Å². The van der Waals surface area contributed by atoms with Crippen LogP contribution in [-0.2, 0) is 9.36 Å². The summed E-state index contributed by atoms with van der Waals surface area (Å²) < 4.78 is 8.88. The number of hydrogen-bond donors (Lipinski definition) is 9. The van der Waals surface area contributed by atoms with Gasteiger partial charge in [0.2, 0.25) is 0 Å². The van der Waals surface area contributed by atoms with Gasteiger partial charge in [0.15, 0.2) is 6.10 Å². The molecule has 0 aliphatic rings. The van der Waals surface area contributed by atoms with Gasteiger partial charge >= 0.3 is 150 Å². The van der Waals surface area contributed by atoms with Gasteiger partial charge in [0.1, 0.15) is 18.3 Å². The molecule has 0 fully saturated rings. The van der Waals surface area contributed by atoms with Crippen LogP contribution in [0.3, 0.4) is 0 Å². The van der Waals surface area contributed by atoms with Gasteiger partial charge in [0, 0.05) is 0 Å². The summed E-state index contributed by atoms with van der Waals surface area (Å²) in [5, 5.41) is 51.8. The average Bonchev–Trinajstić information content (AvgIpc) is 2.22. The second kappa shape index (κ2) is 21.2. The standard InChI is InChI=1S/C6H12O7.3Ca.Mg.H3O4P.8H/c7-1-2(8)3(9)4(10)5(11)6(12)13;;;;;1-5(2,3)4;;;;;;;;/h2-5,7-11H,1H2,(H,12,13);;;;;(H3,1,2,3,4);;;;;;;;/q;4*+2;;8*-1/t2-,3-,4+,5-;;;;;;;;;;;;;/m1............./s1. The van der Waals surface area contributed by atoms with Crippen molar-refractivity contribution < 1.29 is 66.1 Å². The largest absolute Gasteiger partial charge is 2.00 e. The quantitative estimate of drug-likeness (QED) is 0.144. The summed E-state index contributed by atoms with van der Waals surface area (Å²) in [6, 6.07) is 0. The Hall–Kier alpha value is 3.93. The molecular weight excluding hydrogens is 424 g/mol. The molecule has 0 aliphatic carbocycles. The Morgan fingerprint density at radius 1 is 0.955 bits per heavy atom. The molecule has 0 unspecified atom stereocenters. The molecule has 0 aromatic carbocycles. The first-order chi connectivity index (χ1) is 7.91. The summed E-state index contributed by atoms with van der Waals surface area (Å²) in [6.45, 7) is -0.843. The molecule has 126 valence electrons. The van der Waals surface area contributed by atoms with E-state index >= 15 is 0 Å². The Kier molecular flexibility index (Phi) is 39.1. The van der Waals surface area contributed by atoms with Crippen LogP contribution in [0.25, 0.3) is 0 Å². The van der Waals surface area contributed by atoms with Crippen molar-refractivity contribution in [1.82, 2.24) is 0 Å². The fourth-order valence-electron chi connectivity index (χ4n) is 0.668. The van der Waals surface area contributed by atoms with Crippen molar-refractivity contribution in [1.29, 1.82) is 0 Å². The van der Waals surface area contributed by atoms with Crippen molar-refractivity contribution in [3.05, 3.63) is 0 Å². The van der Waals surface area contributed by atoms with E-state index in [9.17, 15) is 4.79 Å². The van der Waals surface area contributed by atoms with Gasteiger partial charge in [-0.1, -0.05) is 0 Å². The van der Waals surface area contributed by atoms with Crippen molar-refractivity contribution in [3.63, 3.8) is 0 Å². The van der Waals surface area contributed by atoms with Crippen LogP contribution in [0, 0.1) is 0 Å². The van der Waals surface area contributed by atoms with Crippen molar-refractivity contribution in [2.75, 3.05) is 6.61 Å². The molecule has 11 nitrogen and oxygen atoms in total. The summed E-state index contributed by atoms with van der Waals surface area (Å²) in [5.74, 6) is -1.73. The molecule has 0 aromatic rings. The van der Waals surface area contributed by atoms with Gasteiger partial charge in [0.25, 0.3) is 0 Å². The van der Waals surface area contributed by atoms with Crippen molar-refractivity contribution in [2.24, 2.45) is 0 Å². The smallest absolute Gasteiger partial charge is 1.00 e. The third-order valence-corrected chi connectivity index (χ3v) is 1.51. The van der Waals surface area contributed by atoms with Gasteiger partial charge in [-0.2, -0.15) is 0 Å². The van der Waals surface area contributed by atoms with E-state index in [-0.39, 0.29) is 148 Å². The molecular formula is C6H23Ca3MgO11P. The third-order valence-electron chi connectivity index (χ3n) is 1.51. The fourth-order valence-corrected chi connectivity index (χ4v) is 0.668. The number of aliphatic hydroxyl groups excluding tert-OH is 5. The first-order valence-corrected chi connectivity index (χ1v) is 5.82. The molecule has 0 heterocycles. The van der Waals surface area contributed by atoms with Crippen molar-refractivity contribution in [3.8, 4) is 0 Å². The van der Waals surface area contributed by atoms with Crippen LogP contribution in [0.2, 0.25) is 0 Å². The average molecular weight is 447 g/mol. The first-order valence-electron chi connectivity index (χ1n) is 4.26. The number of carboxylic acids is 1. The zero-order valence-corrected chi connectivity index (χ0v) is 20.6. The van der Waals surface area contributed by atoms with Crippen LogP contribution < -0.4 is 0 Å². The normalized spacial score (nSPS) is 14.7. The number of aliphatic hydroxyl groups is 5. The van der Waals surface area contributed by atoms with E-state index in [0.717, 1.165) is 0 Å². The number of hydrogen-bond acceptors (Lipinski definition) is 7. The molecule has 0 spiro atoms. The SMILES string of the molecule is O=C(O)[C@H](O)[C@@H](O)[C@H](O)[C@H](O)CO.O=P(O)(O)O.[Ca+2].[Ca+2].[Ca+2].[H-].[H-].[H-].[H-].[H-].[H-].[H-].[H-].[Mg+2]. The molecule has 0 saturated carbocycles. The van der Waals surface area contributed by atoms with Gasteiger partial charge in [0.05, 0.1) is 6.61 Å². The number of aliphatic carboxylic acids is 1. The molecule has 4 atom stereocenters. The minimum Gasteiger partial charge on any atom is -1.00 e. The number of rotatable bonds is 5. The topological polar surface area (TPSA) is 216 Å². The van der Waals surface area contributed by atoms with Crippen LogP contribution >= 0.6 is 7.82 Å². The molecule has 0 amide bonds. The molecule has 16 heteroatoms. The van der Waals surface area contributed by atoms with Crippen LogP contribution in [0.4, 0.5) is 0 Å². The molecule has 0 rings (SSSR count). The summed E-state index contributed by atoms with van der Waals surface area (Å²) in [6.07, 6.45) is -7.84. The Morgan fingerprint density at radius 2 is 1.23 bits per heavy atom. The monoisotopic (exact) mass is 446 g/mol. The zero-order valence-electron chi connectivity index (χ0n) is 19.6. The second-order valence-electron chi connectivity index (χ2n) is 3.03. The van der Waals surface area contributed by atoms with E-state index in [1.807, 2.05) is 0 Å². The fraction of sp³-hybridized carbons (Fsp3) is 0.833. The maximum Gasteiger partial charge on any atom is 2.00 e. The predicted octanol–water partition coefficient (Wildman–Crippen LogP) is -5.04. The van der Waals surface area contributed by atoms with E-state index < -0.39 is 44.8 Å². The van der Waals surface area contributed by atoms with E-state index in [1.54, 1.807) is 0 Å². The Labute approximate surface area is 243 Å². The molecule has 0 aliphatic heterocycles. The van der Waals surface area contributed by atoms with E-state index in [0.29, 0.717) is 0 Å². The van der Waals surface area contributed by atoms with Gasteiger partial charge in [-0.15, -0.1) is 0 Å². The minimum atomic E-state index is -4.64. The van der Waals surface area contributed by atoms with Gasteiger partial charge in [-0.3, -0.25) is 0 Å². The summed E-state index contributed by atoms with van der Waals surface area (Å²) in [4.78, 5) is 31.7. The molecule has 0 aromatic heterocycles.